The van der Waals surface area contributed by atoms with Gasteiger partial charge in [0, 0.05) is 13.1 Å². The average molecular weight is 316 g/mol. The van der Waals surface area contributed by atoms with Crippen molar-refractivity contribution in [2.45, 2.75) is 45.9 Å². The normalized spacial score (nSPS) is 16.1. The van der Waals surface area contributed by atoms with Crippen LogP contribution in [0, 0.1) is 0 Å². The van der Waals surface area contributed by atoms with Crippen LogP contribution in [0.3, 0.4) is 0 Å². The van der Waals surface area contributed by atoms with E-state index in [1.54, 1.807) is 11.1 Å². The van der Waals surface area contributed by atoms with Crippen LogP contribution >= 0.6 is 15.9 Å². The highest BCUT2D eigenvalue weighted by molar-refractivity contribution is 9.10. The van der Waals surface area contributed by atoms with Crippen molar-refractivity contribution in [1.82, 2.24) is 14.7 Å². The largest absolute Gasteiger partial charge is 0.444 e. The number of amides is 1. The Kier molecular flexibility index (Phi) is 3.66. The number of fused-ring (bicyclic) bond motifs is 1. The van der Waals surface area contributed by atoms with E-state index in [1.165, 1.54) is 0 Å². The van der Waals surface area contributed by atoms with Crippen LogP contribution in [0.15, 0.2) is 10.7 Å². The van der Waals surface area contributed by atoms with Gasteiger partial charge >= 0.3 is 6.09 Å². The van der Waals surface area contributed by atoms with Gasteiger partial charge in [-0.25, -0.2) is 4.79 Å². The molecule has 0 radical (unpaired) electrons. The Morgan fingerprint density at radius 2 is 2.17 bits per heavy atom. The first-order chi connectivity index (χ1) is 8.37. The van der Waals surface area contributed by atoms with E-state index in [1.807, 2.05) is 25.5 Å². The second-order valence-corrected chi connectivity index (χ2v) is 6.27. The summed E-state index contributed by atoms with van der Waals surface area (Å²) in [7, 11) is 0. The number of hydrogen-bond donors (Lipinski definition) is 0. The van der Waals surface area contributed by atoms with Crippen LogP contribution in [0.1, 0.15) is 32.9 Å². The van der Waals surface area contributed by atoms with Crippen molar-refractivity contribution in [3.63, 3.8) is 0 Å². The second-order valence-electron chi connectivity index (χ2n) is 5.42. The number of aryl methyl sites for hydroxylation is 1. The predicted octanol–water partition coefficient (Wildman–Crippen LogP) is 2.79. The minimum atomic E-state index is -0.457. The van der Waals surface area contributed by atoms with Gasteiger partial charge in [-0.15, -0.1) is 0 Å². The Bertz CT molecular complexity index is 451. The van der Waals surface area contributed by atoms with Crippen molar-refractivity contribution in [2.75, 3.05) is 6.54 Å². The van der Waals surface area contributed by atoms with Crippen molar-refractivity contribution in [1.29, 1.82) is 0 Å². The third-order valence-corrected chi connectivity index (χ3v) is 3.35. The van der Waals surface area contributed by atoms with Gasteiger partial charge in [-0.3, -0.25) is 4.68 Å². The first kappa shape index (κ1) is 13.4. The van der Waals surface area contributed by atoms with Crippen molar-refractivity contribution < 1.29 is 9.53 Å². The zero-order chi connectivity index (χ0) is 13.3. The van der Waals surface area contributed by atoms with Crippen LogP contribution in [0.25, 0.3) is 0 Å². The lowest BCUT2D eigenvalue weighted by molar-refractivity contribution is 0.0236. The molecule has 0 aliphatic carbocycles. The molecule has 1 aromatic rings. The van der Waals surface area contributed by atoms with Gasteiger partial charge in [0.05, 0.1) is 22.9 Å². The van der Waals surface area contributed by atoms with Crippen LogP contribution in [0.5, 0.6) is 0 Å². The number of halogens is 1. The molecular formula is C12H18BrN3O2. The molecule has 0 bridgehead atoms. The number of rotatable bonds is 0. The van der Waals surface area contributed by atoms with E-state index in [0.29, 0.717) is 13.1 Å². The van der Waals surface area contributed by atoms with E-state index in [0.717, 1.165) is 23.1 Å². The van der Waals surface area contributed by atoms with Gasteiger partial charge in [0.2, 0.25) is 0 Å². The van der Waals surface area contributed by atoms with E-state index in [9.17, 15) is 4.79 Å². The van der Waals surface area contributed by atoms with Gasteiger partial charge in [-0.05, 0) is 43.1 Å². The molecule has 1 aromatic heterocycles. The maximum absolute atomic E-state index is 12.1. The van der Waals surface area contributed by atoms with Crippen molar-refractivity contribution in [3.8, 4) is 0 Å². The number of carbonyl (C=O) groups excluding carboxylic acids is 1. The minimum Gasteiger partial charge on any atom is -0.444 e. The Morgan fingerprint density at radius 1 is 1.44 bits per heavy atom. The summed E-state index contributed by atoms with van der Waals surface area (Å²) in [5.74, 6) is 0. The highest BCUT2D eigenvalue weighted by atomic mass is 79.9. The zero-order valence-corrected chi connectivity index (χ0v) is 12.5. The van der Waals surface area contributed by atoms with Crippen molar-refractivity contribution >= 4 is 22.0 Å². The lowest BCUT2D eigenvalue weighted by atomic mass is 10.2. The number of nitrogens with zero attached hydrogens (tertiary/aromatic N) is 3. The van der Waals surface area contributed by atoms with Crippen LogP contribution < -0.4 is 0 Å². The Hall–Kier alpha value is -1.04. The molecule has 0 unspecified atom stereocenters. The maximum Gasteiger partial charge on any atom is 0.410 e. The van der Waals surface area contributed by atoms with Crippen LogP contribution in [-0.4, -0.2) is 32.9 Å². The maximum atomic E-state index is 12.1. The monoisotopic (exact) mass is 315 g/mol. The van der Waals surface area contributed by atoms with Gasteiger partial charge in [0.15, 0.2) is 0 Å². The molecule has 1 aliphatic heterocycles. The molecule has 0 aromatic carbocycles. The number of carbonyl (C=O) groups is 1. The second kappa shape index (κ2) is 4.91. The fourth-order valence-electron chi connectivity index (χ4n) is 1.89. The first-order valence-electron chi connectivity index (χ1n) is 6.05. The average Bonchev–Trinajstić information content (AvgIpc) is 2.49. The molecule has 6 heteroatoms. The minimum absolute atomic E-state index is 0.260. The first-order valence-corrected chi connectivity index (χ1v) is 6.84. The summed E-state index contributed by atoms with van der Waals surface area (Å²) in [5.41, 5.74) is 0.569. The molecule has 0 N–H and O–H groups in total. The standard InChI is InChI=1S/C12H18BrN3O2/c1-12(2,3)18-11(17)15-5-4-6-16-10(8-15)9(13)7-14-16/h7H,4-6,8H2,1-3H3. The number of aromatic nitrogens is 2. The molecule has 100 valence electrons. The number of ether oxygens (including phenoxy) is 1. The molecule has 0 saturated carbocycles. The SMILES string of the molecule is CC(C)(C)OC(=O)N1CCCn2ncc(Br)c2C1. The lowest BCUT2D eigenvalue weighted by Crippen LogP contribution is -2.36. The molecular weight excluding hydrogens is 298 g/mol. The topological polar surface area (TPSA) is 47.4 Å². The molecule has 18 heavy (non-hydrogen) atoms. The van der Waals surface area contributed by atoms with Gasteiger partial charge in [0.1, 0.15) is 5.60 Å². The van der Waals surface area contributed by atoms with E-state index in [4.69, 9.17) is 4.74 Å². The summed E-state index contributed by atoms with van der Waals surface area (Å²) in [6.07, 6.45) is 2.40. The molecule has 0 spiro atoms. The fourth-order valence-corrected chi connectivity index (χ4v) is 2.31. The summed E-state index contributed by atoms with van der Waals surface area (Å²) in [5, 5.41) is 4.28. The highest BCUT2D eigenvalue weighted by Crippen LogP contribution is 2.22. The smallest absolute Gasteiger partial charge is 0.410 e. The lowest BCUT2D eigenvalue weighted by Gasteiger charge is -2.26. The van der Waals surface area contributed by atoms with Gasteiger partial charge < -0.3 is 9.64 Å². The molecule has 5 nitrogen and oxygen atoms in total. The van der Waals surface area contributed by atoms with Gasteiger partial charge in [0.25, 0.3) is 0 Å². The molecule has 0 fully saturated rings. The summed E-state index contributed by atoms with van der Waals surface area (Å²) in [4.78, 5) is 13.8. The Labute approximate surface area is 115 Å². The molecule has 1 amide bonds. The fraction of sp³-hybridized carbons (Fsp3) is 0.667. The van der Waals surface area contributed by atoms with Crippen molar-refractivity contribution in [3.05, 3.63) is 16.4 Å². The number of hydrogen-bond acceptors (Lipinski definition) is 3. The van der Waals surface area contributed by atoms with E-state index < -0.39 is 5.60 Å². The molecule has 2 rings (SSSR count). The van der Waals surface area contributed by atoms with E-state index in [-0.39, 0.29) is 6.09 Å². The third kappa shape index (κ3) is 3.04. The predicted molar refractivity (Wildman–Crippen MR) is 71.2 cm³/mol. The molecule has 1 aliphatic rings. The highest BCUT2D eigenvalue weighted by Gasteiger charge is 2.25. The Morgan fingerprint density at radius 3 is 2.83 bits per heavy atom. The summed E-state index contributed by atoms with van der Waals surface area (Å²) >= 11 is 3.46. The van der Waals surface area contributed by atoms with E-state index in [2.05, 4.69) is 21.0 Å². The molecule has 0 atom stereocenters. The third-order valence-electron chi connectivity index (χ3n) is 2.69. The van der Waals surface area contributed by atoms with Crippen LogP contribution in [0.2, 0.25) is 0 Å². The van der Waals surface area contributed by atoms with Crippen molar-refractivity contribution in [2.24, 2.45) is 0 Å². The molecule has 0 saturated heterocycles. The summed E-state index contributed by atoms with van der Waals surface area (Å²) < 4.78 is 8.29. The van der Waals surface area contributed by atoms with Crippen LogP contribution in [0.4, 0.5) is 4.79 Å². The zero-order valence-electron chi connectivity index (χ0n) is 10.9. The van der Waals surface area contributed by atoms with E-state index >= 15 is 0 Å². The summed E-state index contributed by atoms with van der Waals surface area (Å²) in [6, 6.07) is 0. The summed E-state index contributed by atoms with van der Waals surface area (Å²) in [6.45, 7) is 7.70. The van der Waals surface area contributed by atoms with Crippen LogP contribution in [-0.2, 0) is 17.8 Å². The molecule has 2 heterocycles. The van der Waals surface area contributed by atoms with Gasteiger partial charge in [-0.2, -0.15) is 5.10 Å². The Balaban J connectivity index is 2.12. The van der Waals surface area contributed by atoms with Gasteiger partial charge in [-0.1, -0.05) is 0 Å². The quantitative estimate of drug-likeness (QED) is 0.739.